The van der Waals surface area contributed by atoms with E-state index in [0.717, 1.165) is 22.8 Å². The van der Waals surface area contributed by atoms with E-state index in [0.29, 0.717) is 12.6 Å². The predicted octanol–water partition coefficient (Wildman–Crippen LogP) is 2.02. The number of nitrogens with one attached hydrogen (secondary N) is 1. The first-order valence-electron chi connectivity index (χ1n) is 6.07. The number of rotatable bonds is 6. The Hall–Kier alpha value is -0.770. The minimum Gasteiger partial charge on any atom is -0.395 e. The van der Waals surface area contributed by atoms with Crippen molar-refractivity contribution in [1.82, 2.24) is 5.32 Å². The molecule has 0 unspecified atom stereocenters. The quantitative estimate of drug-likeness (QED) is 0.815. The average Bonchev–Trinajstić information content (AvgIpc) is 3.13. The summed E-state index contributed by atoms with van der Waals surface area (Å²) in [5.41, 5.74) is 2.28. The van der Waals surface area contributed by atoms with Crippen molar-refractivity contribution in [2.24, 2.45) is 0 Å². The van der Waals surface area contributed by atoms with Crippen molar-refractivity contribution in [2.75, 3.05) is 25.1 Å². The van der Waals surface area contributed by atoms with E-state index in [2.05, 4.69) is 16.3 Å². The van der Waals surface area contributed by atoms with Crippen LogP contribution in [0.25, 0.3) is 0 Å². The van der Waals surface area contributed by atoms with E-state index in [1.165, 1.54) is 12.8 Å². The molecule has 0 amide bonds. The van der Waals surface area contributed by atoms with Gasteiger partial charge in [-0.3, -0.25) is 0 Å². The molecule has 0 radical (unpaired) electrons. The molecule has 4 heteroatoms. The third kappa shape index (κ3) is 2.92. The number of hydrogen-bond acceptors (Lipinski definition) is 3. The summed E-state index contributed by atoms with van der Waals surface area (Å²) in [6.07, 6.45) is 2.43. The van der Waals surface area contributed by atoms with E-state index in [1.807, 2.05) is 19.2 Å². The molecular weight excluding hydrogens is 236 g/mol. The van der Waals surface area contributed by atoms with Crippen LogP contribution in [0.1, 0.15) is 18.4 Å². The summed E-state index contributed by atoms with van der Waals surface area (Å²) in [5, 5.41) is 13.1. The van der Waals surface area contributed by atoms with Crippen molar-refractivity contribution < 1.29 is 5.11 Å². The molecule has 1 fully saturated rings. The molecule has 0 aliphatic heterocycles. The molecule has 0 saturated heterocycles. The predicted molar refractivity (Wildman–Crippen MR) is 71.7 cm³/mol. The molecule has 3 nitrogen and oxygen atoms in total. The van der Waals surface area contributed by atoms with Gasteiger partial charge < -0.3 is 15.3 Å². The van der Waals surface area contributed by atoms with Gasteiger partial charge in [0.05, 0.1) is 6.61 Å². The maximum absolute atomic E-state index is 9.17. The number of nitrogens with zero attached hydrogens (tertiary/aromatic N) is 1. The number of benzene rings is 1. The fraction of sp³-hybridized carbons (Fsp3) is 0.538. The molecule has 1 aromatic rings. The highest BCUT2D eigenvalue weighted by molar-refractivity contribution is 6.31. The van der Waals surface area contributed by atoms with Crippen LogP contribution in [0.5, 0.6) is 0 Å². The van der Waals surface area contributed by atoms with Gasteiger partial charge in [-0.1, -0.05) is 17.7 Å². The van der Waals surface area contributed by atoms with E-state index in [4.69, 9.17) is 11.6 Å². The van der Waals surface area contributed by atoms with Gasteiger partial charge in [-0.2, -0.15) is 0 Å². The van der Waals surface area contributed by atoms with Crippen molar-refractivity contribution in [2.45, 2.75) is 25.4 Å². The minimum atomic E-state index is 0.183. The molecule has 1 aliphatic carbocycles. The second-order valence-electron chi connectivity index (χ2n) is 4.42. The SMILES string of the molecule is CNCc1c(Cl)cccc1N(CCO)C1CC1. The Morgan fingerprint density at radius 1 is 1.47 bits per heavy atom. The first-order chi connectivity index (χ1) is 8.27. The average molecular weight is 255 g/mol. The molecule has 17 heavy (non-hydrogen) atoms. The fourth-order valence-electron chi connectivity index (χ4n) is 2.16. The minimum absolute atomic E-state index is 0.183. The van der Waals surface area contributed by atoms with Gasteiger partial charge in [0, 0.05) is 35.4 Å². The summed E-state index contributed by atoms with van der Waals surface area (Å²) in [5.74, 6) is 0. The lowest BCUT2D eigenvalue weighted by atomic mass is 10.1. The van der Waals surface area contributed by atoms with Crippen LogP contribution in [-0.4, -0.2) is 31.3 Å². The van der Waals surface area contributed by atoms with Crippen LogP contribution in [0.2, 0.25) is 5.02 Å². The molecular formula is C13H19ClN2O. The van der Waals surface area contributed by atoms with Crippen LogP contribution in [0.4, 0.5) is 5.69 Å². The van der Waals surface area contributed by atoms with Crippen molar-refractivity contribution >= 4 is 17.3 Å². The van der Waals surface area contributed by atoms with Crippen LogP contribution in [0.3, 0.4) is 0 Å². The van der Waals surface area contributed by atoms with Gasteiger partial charge in [0.15, 0.2) is 0 Å². The summed E-state index contributed by atoms with van der Waals surface area (Å²) in [6.45, 7) is 1.62. The van der Waals surface area contributed by atoms with E-state index < -0.39 is 0 Å². The molecule has 1 aliphatic rings. The largest absolute Gasteiger partial charge is 0.395 e. The summed E-state index contributed by atoms with van der Waals surface area (Å²) >= 11 is 6.25. The smallest absolute Gasteiger partial charge is 0.0606 e. The molecule has 2 rings (SSSR count). The lowest BCUT2D eigenvalue weighted by molar-refractivity contribution is 0.301. The Kier molecular flexibility index (Phi) is 4.26. The highest BCUT2D eigenvalue weighted by atomic mass is 35.5. The summed E-state index contributed by atoms with van der Waals surface area (Å²) in [6, 6.07) is 6.56. The topological polar surface area (TPSA) is 35.5 Å². The van der Waals surface area contributed by atoms with Crippen LogP contribution in [-0.2, 0) is 6.54 Å². The second-order valence-corrected chi connectivity index (χ2v) is 4.82. The van der Waals surface area contributed by atoms with Crippen molar-refractivity contribution in [3.05, 3.63) is 28.8 Å². The molecule has 0 aromatic heterocycles. The first-order valence-corrected chi connectivity index (χ1v) is 6.45. The fourth-order valence-corrected chi connectivity index (χ4v) is 2.40. The summed E-state index contributed by atoms with van der Waals surface area (Å²) in [7, 11) is 1.92. The number of anilines is 1. The van der Waals surface area contributed by atoms with Crippen molar-refractivity contribution in [3.8, 4) is 0 Å². The van der Waals surface area contributed by atoms with Gasteiger partial charge in [0.1, 0.15) is 0 Å². The van der Waals surface area contributed by atoms with E-state index >= 15 is 0 Å². The zero-order valence-electron chi connectivity index (χ0n) is 10.1. The van der Waals surface area contributed by atoms with Crippen LogP contribution in [0.15, 0.2) is 18.2 Å². The summed E-state index contributed by atoms with van der Waals surface area (Å²) < 4.78 is 0. The second kappa shape index (κ2) is 5.71. The van der Waals surface area contributed by atoms with Gasteiger partial charge in [-0.25, -0.2) is 0 Å². The Bertz CT molecular complexity index is 380. The number of halogens is 1. The zero-order valence-corrected chi connectivity index (χ0v) is 10.9. The Balaban J connectivity index is 2.30. The van der Waals surface area contributed by atoms with Gasteiger partial charge in [-0.05, 0) is 32.0 Å². The maximum atomic E-state index is 9.17. The Morgan fingerprint density at radius 3 is 2.82 bits per heavy atom. The zero-order chi connectivity index (χ0) is 12.3. The lowest BCUT2D eigenvalue weighted by Crippen LogP contribution is -2.30. The lowest BCUT2D eigenvalue weighted by Gasteiger charge is -2.27. The van der Waals surface area contributed by atoms with Crippen molar-refractivity contribution in [3.63, 3.8) is 0 Å². The highest BCUT2D eigenvalue weighted by Gasteiger charge is 2.30. The third-order valence-corrected chi connectivity index (χ3v) is 3.44. The molecule has 0 atom stereocenters. The molecule has 0 spiro atoms. The van der Waals surface area contributed by atoms with Crippen LogP contribution >= 0.6 is 11.6 Å². The van der Waals surface area contributed by atoms with E-state index in [9.17, 15) is 5.11 Å². The third-order valence-electron chi connectivity index (χ3n) is 3.09. The van der Waals surface area contributed by atoms with E-state index in [-0.39, 0.29) is 6.61 Å². The van der Waals surface area contributed by atoms with Gasteiger partial charge >= 0.3 is 0 Å². The van der Waals surface area contributed by atoms with Crippen LogP contribution in [0, 0.1) is 0 Å². The number of aliphatic hydroxyl groups is 1. The molecule has 0 bridgehead atoms. The Labute approximate surface area is 107 Å². The highest BCUT2D eigenvalue weighted by Crippen LogP contribution is 2.35. The van der Waals surface area contributed by atoms with Gasteiger partial charge in [-0.15, -0.1) is 0 Å². The van der Waals surface area contributed by atoms with Gasteiger partial charge in [0.25, 0.3) is 0 Å². The van der Waals surface area contributed by atoms with Crippen LogP contribution < -0.4 is 10.2 Å². The molecule has 1 saturated carbocycles. The number of hydrogen-bond donors (Lipinski definition) is 2. The monoisotopic (exact) mass is 254 g/mol. The summed E-state index contributed by atoms with van der Waals surface area (Å²) in [4.78, 5) is 2.28. The van der Waals surface area contributed by atoms with Gasteiger partial charge in [0.2, 0.25) is 0 Å². The maximum Gasteiger partial charge on any atom is 0.0606 e. The first kappa shape index (κ1) is 12.7. The molecule has 1 aromatic carbocycles. The standard InChI is InChI=1S/C13H19ClN2O/c1-15-9-11-12(14)3-2-4-13(11)16(7-8-17)10-5-6-10/h2-4,10,15,17H,5-9H2,1H3. The molecule has 2 N–H and O–H groups in total. The molecule has 0 heterocycles. The van der Waals surface area contributed by atoms with Crippen molar-refractivity contribution in [1.29, 1.82) is 0 Å². The normalized spacial score (nSPS) is 15.0. The van der Waals surface area contributed by atoms with E-state index in [1.54, 1.807) is 0 Å². The Morgan fingerprint density at radius 2 is 2.24 bits per heavy atom. The number of aliphatic hydroxyl groups excluding tert-OH is 1. The molecule has 94 valence electrons.